The number of piperazine rings is 1. The maximum Gasteiger partial charge on any atom is 0.249 e. The fourth-order valence-corrected chi connectivity index (χ4v) is 3.60. The third-order valence-electron chi connectivity index (χ3n) is 5.03. The van der Waals surface area contributed by atoms with Crippen LogP contribution in [0.1, 0.15) is 32.6 Å². The molecule has 2 amide bonds. The van der Waals surface area contributed by atoms with Crippen LogP contribution in [0.2, 0.25) is 0 Å². The standard InChI is InChI=1S/C18H24N2O3/c1-13-17(21)20(15-7-9-16(23-2)10-8-15)12-11-19(13)18(22)14-5-3-4-6-14/h7-10,13-14H,3-6,11-12H2,1-2H3. The third kappa shape index (κ3) is 3.05. The first-order valence-corrected chi connectivity index (χ1v) is 8.37. The minimum absolute atomic E-state index is 0.00670. The van der Waals surface area contributed by atoms with E-state index < -0.39 is 0 Å². The second kappa shape index (κ2) is 6.60. The summed E-state index contributed by atoms with van der Waals surface area (Å²) in [5, 5.41) is 0. The highest BCUT2D eigenvalue weighted by Crippen LogP contribution is 2.29. The molecule has 2 aliphatic rings. The van der Waals surface area contributed by atoms with Crippen LogP contribution in [0.4, 0.5) is 5.69 Å². The van der Waals surface area contributed by atoms with Crippen LogP contribution in [0.5, 0.6) is 5.75 Å². The van der Waals surface area contributed by atoms with Gasteiger partial charge >= 0.3 is 0 Å². The summed E-state index contributed by atoms with van der Waals surface area (Å²) >= 11 is 0. The smallest absolute Gasteiger partial charge is 0.249 e. The molecule has 5 nitrogen and oxygen atoms in total. The van der Waals surface area contributed by atoms with Crippen LogP contribution in [0.15, 0.2) is 24.3 Å². The zero-order chi connectivity index (χ0) is 16.4. The van der Waals surface area contributed by atoms with Gasteiger partial charge in [-0.3, -0.25) is 9.59 Å². The topological polar surface area (TPSA) is 49.9 Å². The van der Waals surface area contributed by atoms with Gasteiger partial charge < -0.3 is 14.5 Å². The molecule has 1 heterocycles. The highest BCUT2D eigenvalue weighted by molar-refractivity contribution is 6.00. The number of hydrogen-bond donors (Lipinski definition) is 0. The Balaban J connectivity index is 1.71. The largest absolute Gasteiger partial charge is 0.497 e. The van der Waals surface area contributed by atoms with Gasteiger partial charge in [0.15, 0.2) is 0 Å². The summed E-state index contributed by atoms with van der Waals surface area (Å²) in [7, 11) is 1.62. The lowest BCUT2D eigenvalue weighted by molar-refractivity contribution is -0.143. The highest BCUT2D eigenvalue weighted by atomic mass is 16.5. The molecule has 1 aliphatic carbocycles. The zero-order valence-corrected chi connectivity index (χ0v) is 13.8. The molecule has 1 aromatic rings. The van der Waals surface area contributed by atoms with Gasteiger partial charge in [-0.2, -0.15) is 0 Å². The monoisotopic (exact) mass is 316 g/mol. The second-order valence-corrected chi connectivity index (χ2v) is 6.38. The first kappa shape index (κ1) is 15.8. The summed E-state index contributed by atoms with van der Waals surface area (Å²) < 4.78 is 5.15. The SMILES string of the molecule is COc1ccc(N2CCN(C(=O)C3CCCC3)C(C)C2=O)cc1. The summed E-state index contributed by atoms with van der Waals surface area (Å²) in [5.74, 6) is 1.05. The Bertz CT molecular complexity index is 578. The minimum Gasteiger partial charge on any atom is -0.497 e. The van der Waals surface area contributed by atoms with Gasteiger partial charge in [-0.1, -0.05) is 12.8 Å². The molecule has 1 saturated carbocycles. The van der Waals surface area contributed by atoms with Gasteiger partial charge in [0.05, 0.1) is 7.11 Å². The highest BCUT2D eigenvalue weighted by Gasteiger charge is 2.38. The van der Waals surface area contributed by atoms with Crippen LogP contribution >= 0.6 is 0 Å². The van der Waals surface area contributed by atoms with Crippen LogP contribution in [-0.2, 0) is 9.59 Å². The van der Waals surface area contributed by atoms with Gasteiger partial charge in [-0.25, -0.2) is 0 Å². The van der Waals surface area contributed by atoms with Crippen LogP contribution in [0, 0.1) is 5.92 Å². The Morgan fingerprint density at radius 3 is 2.39 bits per heavy atom. The molecule has 0 spiro atoms. The number of nitrogens with zero attached hydrogens (tertiary/aromatic N) is 2. The molecule has 1 aliphatic heterocycles. The molecule has 124 valence electrons. The predicted molar refractivity (Wildman–Crippen MR) is 88.5 cm³/mol. The van der Waals surface area contributed by atoms with Crippen LogP contribution in [0.3, 0.4) is 0 Å². The first-order chi connectivity index (χ1) is 11.1. The molecule has 2 fully saturated rings. The Kier molecular flexibility index (Phi) is 4.55. The van der Waals surface area contributed by atoms with E-state index in [0.717, 1.165) is 37.1 Å². The number of benzene rings is 1. The molecule has 1 unspecified atom stereocenters. The summed E-state index contributed by atoms with van der Waals surface area (Å²) in [6.45, 7) is 2.99. The van der Waals surface area contributed by atoms with Crippen molar-refractivity contribution in [3.63, 3.8) is 0 Å². The average molecular weight is 316 g/mol. The fraction of sp³-hybridized carbons (Fsp3) is 0.556. The predicted octanol–water partition coefficient (Wildman–Crippen LogP) is 2.45. The minimum atomic E-state index is -0.390. The number of amides is 2. The quantitative estimate of drug-likeness (QED) is 0.860. The molecule has 1 aromatic carbocycles. The van der Waals surface area contributed by atoms with Crippen molar-refractivity contribution >= 4 is 17.5 Å². The molecule has 3 rings (SSSR count). The molecule has 1 atom stereocenters. The molecular formula is C18H24N2O3. The van der Waals surface area contributed by atoms with Crippen molar-refractivity contribution in [3.8, 4) is 5.75 Å². The molecule has 0 bridgehead atoms. The summed E-state index contributed by atoms with van der Waals surface area (Å²) in [6, 6.07) is 7.08. The molecular weight excluding hydrogens is 292 g/mol. The van der Waals surface area contributed by atoms with Gasteiger partial charge in [0.25, 0.3) is 0 Å². The van der Waals surface area contributed by atoms with Crippen molar-refractivity contribution in [3.05, 3.63) is 24.3 Å². The Labute approximate surface area is 137 Å². The third-order valence-corrected chi connectivity index (χ3v) is 5.03. The van der Waals surface area contributed by atoms with Crippen molar-refractivity contribution in [2.75, 3.05) is 25.1 Å². The lowest BCUT2D eigenvalue weighted by atomic mass is 10.0. The maximum absolute atomic E-state index is 12.7. The van der Waals surface area contributed by atoms with Gasteiger partial charge in [0.2, 0.25) is 11.8 Å². The number of carbonyl (C=O) groups is 2. The van der Waals surface area contributed by atoms with Crippen molar-refractivity contribution in [2.45, 2.75) is 38.6 Å². The first-order valence-electron chi connectivity index (χ1n) is 8.37. The van der Waals surface area contributed by atoms with Gasteiger partial charge in [0.1, 0.15) is 11.8 Å². The van der Waals surface area contributed by atoms with Gasteiger partial charge in [-0.05, 0) is 44.0 Å². The van der Waals surface area contributed by atoms with E-state index in [2.05, 4.69) is 0 Å². The number of ether oxygens (including phenoxy) is 1. The second-order valence-electron chi connectivity index (χ2n) is 6.38. The number of anilines is 1. The van der Waals surface area contributed by atoms with Crippen LogP contribution in [0.25, 0.3) is 0 Å². The summed E-state index contributed by atoms with van der Waals surface area (Å²) in [4.78, 5) is 28.9. The van der Waals surface area contributed by atoms with Crippen LogP contribution < -0.4 is 9.64 Å². The van der Waals surface area contributed by atoms with E-state index in [0.29, 0.717) is 13.1 Å². The lowest BCUT2D eigenvalue weighted by Gasteiger charge is -2.40. The van der Waals surface area contributed by atoms with Crippen molar-refractivity contribution in [1.29, 1.82) is 0 Å². The summed E-state index contributed by atoms with van der Waals surface area (Å²) in [6.07, 6.45) is 4.20. The number of hydrogen-bond acceptors (Lipinski definition) is 3. The van der Waals surface area contributed by atoms with E-state index in [9.17, 15) is 9.59 Å². The molecule has 0 aromatic heterocycles. The Morgan fingerprint density at radius 2 is 1.78 bits per heavy atom. The van der Waals surface area contributed by atoms with Crippen molar-refractivity contribution in [2.24, 2.45) is 5.92 Å². The van der Waals surface area contributed by atoms with Gasteiger partial charge in [-0.15, -0.1) is 0 Å². The van der Waals surface area contributed by atoms with E-state index in [1.165, 1.54) is 0 Å². The number of carbonyl (C=O) groups excluding carboxylic acids is 2. The Morgan fingerprint density at radius 1 is 1.13 bits per heavy atom. The van der Waals surface area contributed by atoms with Crippen molar-refractivity contribution in [1.82, 2.24) is 4.90 Å². The lowest BCUT2D eigenvalue weighted by Crippen LogP contribution is -2.58. The van der Waals surface area contributed by atoms with Crippen LogP contribution in [-0.4, -0.2) is 43.0 Å². The zero-order valence-electron chi connectivity index (χ0n) is 13.8. The van der Waals surface area contributed by atoms with E-state index in [1.54, 1.807) is 16.9 Å². The Hall–Kier alpha value is -2.04. The summed E-state index contributed by atoms with van der Waals surface area (Å²) in [5.41, 5.74) is 0.857. The average Bonchev–Trinajstić information content (AvgIpc) is 3.11. The van der Waals surface area contributed by atoms with E-state index in [-0.39, 0.29) is 23.8 Å². The normalized spacial score (nSPS) is 22.5. The molecule has 0 N–H and O–H groups in total. The van der Waals surface area contributed by atoms with E-state index in [1.807, 2.05) is 31.2 Å². The van der Waals surface area contributed by atoms with Gasteiger partial charge in [0, 0.05) is 24.7 Å². The molecule has 1 saturated heterocycles. The van der Waals surface area contributed by atoms with Crippen molar-refractivity contribution < 1.29 is 14.3 Å². The van der Waals surface area contributed by atoms with E-state index >= 15 is 0 Å². The molecule has 0 radical (unpaired) electrons. The fourth-order valence-electron chi connectivity index (χ4n) is 3.60. The van der Waals surface area contributed by atoms with E-state index in [4.69, 9.17) is 4.74 Å². The molecule has 5 heteroatoms. The number of methoxy groups -OCH3 is 1. The maximum atomic E-state index is 12.7. The number of rotatable bonds is 3. The molecule has 23 heavy (non-hydrogen) atoms.